The molecule has 0 bridgehead atoms. The van der Waals surface area contributed by atoms with Gasteiger partial charge in [-0.1, -0.05) is 0 Å². The maximum Gasteiger partial charge on any atom is 0.256 e. The second-order valence-corrected chi connectivity index (χ2v) is 7.93. The van der Waals surface area contributed by atoms with Crippen LogP contribution in [-0.4, -0.2) is 60.6 Å². The summed E-state index contributed by atoms with van der Waals surface area (Å²) in [6.07, 6.45) is 5.26. The van der Waals surface area contributed by atoms with E-state index in [9.17, 15) is 13.6 Å². The van der Waals surface area contributed by atoms with Crippen LogP contribution in [-0.2, 0) is 4.74 Å². The largest absolute Gasteiger partial charge is 0.383 e. The lowest BCUT2D eigenvalue weighted by molar-refractivity contribution is -0.114. The van der Waals surface area contributed by atoms with Crippen molar-refractivity contribution in [1.29, 1.82) is 0 Å². The predicted molar refractivity (Wildman–Crippen MR) is 104 cm³/mol. The molecule has 2 aliphatic heterocycles. The molecule has 2 aromatic rings. The zero-order valence-electron chi connectivity index (χ0n) is 16.5. The van der Waals surface area contributed by atoms with Crippen molar-refractivity contribution < 1.29 is 18.3 Å². The fraction of sp³-hybridized carbons (Fsp3) is 0.455. The molecule has 3 heterocycles. The Kier molecular flexibility index (Phi) is 5.61. The number of amides is 1. The number of methoxy groups -OCH3 is 1. The minimum Gasteiger partial charge on any atom is -0.383 e. The molecule has 154 valence electrons. The number of benzene rings is 1. The second kappa shape index (κ2) is 8.16. The molecule has 0 aliphatic carbocycles. The molecule has 1 unspecified atom stereocenters. The molecule has 7 heteroatoms. The summed E-state index contributed by atoms with van der Waals surface area (Å²) in [5.74, 6) is -1.72. The van der Waals surface area contributed by atoms with E-state index in [0.717, 1.165) is 44.1 Å². The number of aromatic nitrogens is 1. The number of carbonyl (C=O) groups is 1. The minimum atomic E-state index is -0.680. The highest BCUT2D eigenvalue weighted by Gasteiger charge is 2.54. The summed E-state index contributed by atoms with van der Waals surface area (Å²) in [6.45, 7) is 3.53. The summed E-state index contributed by atoms with van der Waals surface area (Å²) >= 11 is 0. The normalized spacial score (nSPS) is 21.2. The topological polar surface area (TPSA) is 45.7 Å². The molecule has 1 atom stereocenters. The Morgan fingerprint density at radius 1 is 1.21 bits per heavy atom. The van der Waals surface area contributed by atoms with Gasteiger partial charge in [-0.25, -0.2) is 8.78 Å². The summed E-state index contributed by atoms with van der Waals surface area (Å²) in [4.78, 5) is 20.9. The van der Waals surface area contributed by atoms with Crippen molar-refractivity contribution in [3.8, 4) is 0 Å². The van der Waals surface area contributed by atoms with Crippen molar-refractivity contribution in [1.82, 2.24) is 14.8 Å². The van der Waals surface area contributed by atoms with Gasteiger partial charge in [0.2, 0.25) is 0 Å². The Morgan fingerprint density at radius 3 is 2.62 bits per heavy atom. The van der Waals surface area contributed by atoms with E-state index in [1.165, 1.54) is 5.56 Å². The summed E-state index contributed by atoms with van der Waals surface area (Å²) < 4.78 is 32.8. The number of nitrogens with zero attached hydrogens (tertiary/aromatic N) is 3. The number of likely N-dealkylation sites (tertiary alicyclic amines) is 2. The van der Waals surface area contributed by atoms with Crippen LogP contribution in [0.1, 0.15) is 34.8 Å². The second-order valence-electron chi connectivity index (χ2n) is 7.93. The average Bonchev–Trinajstić information content (AvgIpc) is 2.73. The van der Waals surface area contributed by atoms with Crippen LogP contribution in [0.5, 0.6) is 0 Å². The molecule has 1 spiro atoms. The van der Waals surface area contributed by atoms with Crippen LogP contribution in [0.4, 0.5) is 8.78 Å². The third-order valence-electron chi connectivity index (χ3n) is 6.27. The molecular formula is C22H25F2N3O2. The van der Waals surface area contributed by atoms with Gasteiger partial charge in [0.1, 0.15) is 11.6 Å². The molecule has 0 radical (unpaired) electrons. The maximum absolute atomic E-state index is 14.0. The molecule has 1 aromatic carbocycles. The van der Waals surface area contributed by atoms with E-state index in [4.69, 9.17) is 4.74 Å². The highest BCUT2D eigenvalue weighted by atomic mass is 19.1. The first-order valence-electron chi connectivity index (χ1n) is 9.91. The van der Waals surface area contributed by atoms with Crippen LogP contribution >= 0.6 is 0 Å². The Labute approximate surface area is 169 Å². The molecule has 2 fully saturated rings. The van der Waals surface area contributed by atoms with E-state index >= 15 is 0 Å². The molecule has 29 heavy (non-hydrogen) atoms. The van der Waals surface area contributed by atoms with Crippen LogP contribution in [0.15, 0.2) is 42.7 Å². The lowest BCUT2D eigenvalue weighted by Gasteiger charge is -2.60. The van der Waals surface area contributed by atoms with E-state index in [2.05, 4.69) is 9.88 Å². The zero-order chi connectivity index (χ0) is 20.4. The number of ether oxygens (including phenoxy) is 1. The fourth-order valence-electron chi connectivity index (χ4n) is 4.80. The lowest BCUT2D eigenvalue weighted by Crippen LogP contribution is -2.63. The van der Waals surface area contributed by atoms with Crippen molar-refractivity contribution in [3.63, 3.8) is 0 Å². The van der Waals surface area contributed by atoms with Gasteiger partial charge in [0.15, 0.2) is 0 Å². The lowest BCUT2D eigenvalue weighted by atomic mass is 9.63. The van der Waals surface area contributed by atoms with Gasteiger partial charge in [-0.2, -0.15) is 0 Å². The van der Waals surface area contributed by atoms with Gasteiger partial charge in [-0.3, -0.25) is 14.7 Å². The number of carbonyl (C=O) groups excluding carboxylic acids is 1. The number of halogens is 2. The molecule has 1 aromatic heterocycles. The van der Waals surface area contributed by atoms with Crippen molar-refractivity contribution >= 4 is 5.91 Å². The summed E-state index contributed by atoms with van der Waals surface area (Å²) in [7, 11) is 1.70. The van der Waals surface area contributed by atoms with Crippen molar-refractivity contribution in [3.05, 3.63) is 65.5 Å². The van der Waals surface area contributed by atoms with E-state index < -0.39 is 17.5 Å². The molecule has 0 N–H and O–H groups in total. The van der Waals surface area contributed by atoms with E-state index in [-0.39, 0.29) is 17.0 Å². The first-order chi connectivity index (χ1) is 14.0. The van der Waals surface area contributed by atoms with Crippen molar-refractivity contribution in [2.45, 2.75) is 18.9 Å². The van der Waals surface area contributed by atoms with E-state index in [0.29, 0.717) is 19.7 Å². The number of hydrogen-bond donors (Lipinski definition) is 0. The molecule has 4 rings (SSSR count). The molecular weight excluding hydrogens is 376 g/mol. The first-order valence-corrected chi connectivity index (χ1v) is 9.91. The van der Waals surface area contributed by atoms with Crippen LogP contribution in [0.25, 0.3) is 0 Å². The van der Waals surface area contributed by atoms with Crippen LogP contribution < -0.4 is 0 Å². The van der Waals surface area contributed by atoms with Crippen LogP contribution in [0, 0.1) is 17.0 Å². The van der Waals surface area contributed by atoms with Crippen molar-refractivity contribution in [2.24, 2.45) is 5.41 Å². The Bertz CT molecular complexity index is 870. The zero-order valence-corrected chi connectivity index (χ0v) is 16.5. The Balaban J connectivity index is 1.48. The Morgan fingerprint density at radius 2 is 1.93 bits per heavy atom. The third-order valence-corrected chi connectivity index (χ3v) is 6.27. The molecule has 5 nitrogen and oxygen atoms in total. The quantitative estimate of drug-likeness (QED) is 0.771. The SMILES string of the molecule is COCCN1CC2(CCN(C(=O)c3cc(F)ccc3F)CC2)C1c1ccncc1. The van der Waals surface area contributed by atoms with Crippen LogP contribution in [0.2, 0.25) is 0 Å². The summed E-state index contributed by atoms with van der Waals surface area (Å²) in [6, 6.07) is 7.37. The maximum atomic E-state index is 14.0. The smallest absolute Gasteiger partial charge is 0.256 e. The van der Waals surface area contributed by atoms with Crippen LogP contribution in [0.3, 0.4) is 0 Å². The van der Waals surface area contributed by atoms with Gasteiger partial charge >= 0.3 is 0 Å². The molecule has 2 saturated heterocycles. The fourth-order valence-corrected chi connectivity index (χ4v) is 4.80. The number of hydrogen-bond acceptors (Lipinski definition) is 4. The van der Waals surface area contributed by atoms with Gasteiger partial charge < -0.3 is 9.64 Å². The molecule has 1 amide bonds. The Hall–Kier alpha value is -2.38. The molecule has 0 saturated carbocycles. The van der Waals surface area contributed by atoms with Gasteiger partial charge in [-0.05, 0) is 48.7 Å². The average molecular weight is 401 g/mol. The standard InChI is InChI=1S/C22H25F2N3O2/c1-29-13-12-27-15-22(20(27)16-4-8-25-9-5-16)6-10-26(11-7-22)21(28)18-14-17(23)2-3-19(18)24/h2-5,8-9,14,20H,6-7,10-13,15H2,1H3. The first kappa shape index (κ1) is 19.9. The molecule has 2 aliphatic rings. The minimum absolute atomic E-state index is 0.0758. The number of pyridine rings is 1. The highest BCUT2D eigenvalue weighted by molar-refractivity contribution is 5.94. The third kappa shape index (κ3) is 3.76. The van der Waals surface area contributed by atoms with Gasteiger partial charge in [-0.15, -0.1) is 0 Å². The number of rotatable bonds is 5. The van der Waals surface area contributed by atoms with Gasteiger partial charge in [0, 0.05) is 57.1 Å². The summed E-state index contributed by atoms with van der Waals surface area (Å²) in [5.41, 5.74) is 1.10. The van der Waals surface area contributed by atoms with Gasteiger partial charge in [0.25, 0.3) is 5.91 Å². The van der Waals surface area contributed by atoms with E-state index in [1.54, 1.807) is 24.4 Å². The summed E-state index contributed by atoms with van der Waals surface area (Å²) in [5, 5.41) is 0. The highest BCUT2D eigenvalue weighted by Crippen LogP contribution is 2.54. The van der Waals surface area contributed by atoms with Gasteiger partial charge in [0.05, 0.1) is 12.2 Å². The van der Waals surface area contributed by atoms with E-state index in [1.807, 2.05) is 12.1 Å². The van der Waals surface area contributed by atoms with Crippen molar-refractivity contribution in [2.75, 3.05) is 39.9 Å². The monoisotopic (exact) mass is 401 g/mol. The predicted octanol–water partition coefficient (Wildman–Crippen LogP) is 3.29. The number of piperidine rings is 1.